The predicted molar refractivity (Wildman–Crippen MR) is 75.4 cm³/mol. The van der Waals surface area contributed by atoms with Gasteiger partial charge in [-0.1, -0.05) is 18.2 Å². The van der Waals surface area contributed by atoms with Crippen molar-refractivity contribution >= 4 is 21.7 Å². The molecule has 5 nitrogen and oxygen atoms in total. The summed E-state index contributed by atoms with van der Waals surface area (Å²) >= 11 is 0. The van der Waals surface area contributed by atoms with E-state index in [1.54, 1.807) is 0 Å². The SMILES string of the molecule is CN(c1ccccc1F)S(=O)(=O)c1cccc(C(=O)O)c1. The Bertz CT molecular complexity index is 789. The van der Waals surface area contributed by atoms with Gasteiger partial charge in [0.1, 0.15) is 5.82 Å². The second-order valence-electron chi connectivity index (χ2n) is 4.26. The van der Waals surface area contributed by atoms with Gasteiger partial charge in [0.05, 0.1) is 16.1 Å². The zero-order valence-electron chi connectivity index (χ0n) is 11.0. The fourth-order valence-corrected chi connectivity index (χ4v) is 3.03. The predicted octanol–water partition coefficient (Wildman–Crippen LogP) is 2.35. The molecule has 0 unspecified atom stereocenters. The third-order valence-corrected chi connectivity index (χ3v) is 4.70. The fourth-order valence-electron chi connectivity index (χ4n) is 1.78. The number of hydrogen-bond acceptors (Lipinski definition) is 3. The smallest absolute Gasteiger partial charge is 0.335 e. The molecule has 0 amide bonds. The Labute approximate surface area is 121 Å². The van der Waals surface area contributed by atoms with Crippen molar-refractivity contribution in [1.29, 1.82) is 0 Å². The molecule has 0 saturated heterocycles. The number of carboxylic acids is 1. The Morgan fingerprint density at radius 2 is 1.81 bits per heavy atom. The molecule has 0 bridgehead atoms. The lowest BCUT2D eigenvalue weighted by Crippen LogP contribution is -2.27. The van der Waals surface area contributed by atoms with Crippen LogP contribution in [0.3, 0.4) is 0 Å². The minimum absolute atomic E-state index is 0.113. The molecule has 21 heavy (non-hydrogen) atoms. The Morgan fingerprint density at radius 3 is 2.43 bits per heavy atom. The van der Waals surface area contributed by atoms with Gasteiger partial charge in [-0.25, -0.2) is 17.6 Å². The number of halogens is 1. The number of carbonyl (C=O) groups is 1. The number of aromatic carboxylic acids is 1. The van der Waals surface area contributed by atoms with Gasteiger partial charge >= 0.3 is 5.97 Å². The van der Waals surface area contributed by atoms with Crippen molar-refractivity contribution in [2.45, 2.75) is 4.90 Å². The van der Waals surface area contributed by atoms with Gasteiger partial charge in [0.2, 0.25) is 0 Å². The Balaban J connectivity index is 2.50. The highest BCUT2D eigenvalue weighted by atomic mass is 32.2. The molecule has 0 atom stereocenters. The van der Waals surface area contributed by atoms with Crippen LogP contribution in [0.25, 0.3) is 0 Å². The molecule has 2 aromatic rings. The summed E-state index contributed by atoms with van der Waals surface area (Å²) in [6.07, 6.45) is 0. The normalized spacial score (nSPS) is 11.1. The summed E-state index contributed by atoms with van der Waals surface area (Å²) in [7, 11) is -2.83. The zero-order chi connectivity index (χ0) is 15.6. The quantitative estimate of drug-likeness (QED) is 0.940. The van der Waals surface area contributed by atoms with E-state index >= 15 is 0 Å². The van der Waals surface area contributed by atoms with Crippen LogP contribution in [0.4, 0.5) is 10.1 Å². The number of para-hydroxylation sites is 1. The molecule has 2 aromatic carbocycles. The van der Waals surface area contributed by atoms with Crippen molar-refractivity contribution in [3.8, 4) is 0 Å². The summed E-state index contributed by atoms with van der Waals surface area (Å²) in [6.45, 7) is 0. The van der Waals surface area contributed by atoms with Crippen LogP contribution in [0.2, 0.25) is 0 Å². The van der Waals surface area contributed by atoms with Gasteiger partial charge in [0.25, 0.3) is 10.0 Å². The van der Waals surface area contributed by atoms with Crippen LogP contribution in [0.5, 0.6) is 0 Å². The molecule has 0 aliphatic rings. The summed E-state index contributed by atoms with van der Waals surface area (Å²) in [6, 6.07) is 10.3. The number of anilines is 1. The third kappa shape index (κ3) is 2.87. The van der Waals surface area contributed by atoms with Crippen LogP contribution in [0.1, 0.15) is 10.4 Å². The Kier molecular flexibility index (Phi) is 3.95. The molecule has 0 aliphatic heterocycles. The van der Waals surface area contributed by atoms with Crippen molar-refractivity contribution in [1.82, 2.24) is 0 Å². The molecule has 110 valence electrons. The van der Waals surface area contributed by atoms with Gasteiger partial charge in [-0.05, 0) is 30.3 Å². The summed E-state index contributed by atoms with van der Waals surface area (Å²) in [4.78, 5) is 10.7. The van der Waals surface area contributed by atoms with Gasteiger partial charge < -0.3 is 5.11 Å². The lowest BCUT2D eigenvalue weighted by molar-refractivity contribution is 0.0696. The molecule has 1 N–H and O–H groups in total. The van der Waals surface area contributed by atoms with Crippen molar-refractivity contribution in [2.75, 3.05) is 11.4 Å². The average molecular weight is 309 g/mol. The van der Waals surface area contributed by atoms with Gasteiger partial charge in [-0.15, -0.1) is 0 Å². The summed E-state index contributed by atoms with van der Waals surface area (Å²) in [5, 5.41) is 8.91. The molecule has 0 fully saturated rings. The minimum Gasteiger partial charge on any atom is -0.478 e. The maximum absolute atomic E-state index is 13.7. The van der Waals surface area contributed by atoms with Crippen molar-refractivity contribution < 1.29 is 22.7 Å². The number of sulfonamides is 1. The molecule has 0 saturated carbocycles. The molecule has 0 spiro atoms. The topological polar surface area (TPSA) is 74.7 Å². The van der Waals surface area contributed by atoms with Crippen molar-refractivity contribution in [3.63, 3.8) is 0 Å². The van der Waals surface area contributed by atoms with E-state index in [2.05, 4.69) is 0 Å². The second kappa shape index (κ2) is 5.53. The molecule has 2 rings (SSSR count). The molecule has 0 aromatic heterocycles. The highest BCUT2D eigenvalue weighted by molar-refractivity contribution is 7.92. The lowest BCUT2D eigenvalue weighted by atomic mass is 10.2. The van der Waals surface area contributed by atoms with Crippen LogP contribution in [-0.2, 0) is 10.0 Å². The zero-order valence-corrected chi connectivity index (χ0v) is 11.8. The van der Waals surface area contributed by atoms with Crippen LogP contribution >= 0.6 is 0 Å². The van der Waals surface area contributed by atoms with E-state index in [0.717, 1.165) is 16.4 Å². The molecular formula is C14H12FNO4S. The highest BCUT2D eigenvalue weighted by Gasteiger charge is 2.24. The van der Waals surface area contributed by atoms with Crippen LogP contribution in [-0.4, -0.2) is 26.5 Å². The minimum atomic E-state index is -4.04. The van der Waals surface area contributed by atoms with E-state index < -0.39 is 21.8 Å². The first kappa shape index (κ1) is 15.0. The van der Waals surface area contributed by atoms with Gasteiger partial charge in [0.15, 0.2) is 0 Å². The van der Waals surface area contributed by atoms with Gasteiger partial charge in [-0.2, -0.15) is 0 Å². The van der Waals surface area contributed by atoms with E-state index in [1.807, 2.05) is 0 Å². The van der Waals surface area contributed by atoms with Crippen LogP contribution < -0.4 is 4.31 Å². The molecule has 0 radical (unpaired) electrons. The first-order valence-electron chi connectivity index (χ1n) is 5.91. The fraction of sp³-hybridized carbons (Fsp3) is 0.0714. The number of hydrogen-bond donors (Lipinski definition) is 1. The maximum Gasteiger partial charge on any atom is 0.335 e. The van der Waals surface area contributed by atoms with Crippen molar-refractivity contribution in [2.24, 2.45) is 0 Å². The van der Waals surface area contributed by atoms with E-state index in [4.69, 9.17) is 5.11 Å². The van der Waals surface area contributed by atoms with Gasteiger partial charge in [-0.3, -0.25) is 4.31 Å². The lowest BCUT2D eigenvalue weighted by Gasteiger charge is -2.20. The summed E-state index contributed by atoms with van der Waals surface area (Å²) in [5.41, 5.74) is -0.267. The summed E-state index contributed by atoms with van der Waals surface area (Å²) < 4.78 is 39.3. The first-order valence-corrected chi connectivity index (χ1v) is 7.35. The second-order valence-corrected chi connectivity index (χ2v) is 6.23. The average Bonchev–Trinajstić information content (AvgIpc) is 2.47. The highest BCUT2D eigenvalue weighted by Crippen LogP contribution is 2.24. The number of nitrogens with zero attached hydrogens (tertiary/aromatic N) is 1. The van der Waals surface area contributed by atoms with E-state index in [9.17, 15) is 17.6 Å². The van der Waals surface area contributed by atoms with Gasteiger partial charge in [0, 0.05) is 7.05 Å². The third-order valence-electron chi connectivity index (χ3n) is 2.93. The Hall–Kier alpha value is -2.41. The molecular weight excluding hydrogens is 297 g/mol. The number of carboxylic acid groups (broad SMARTS) is 1. The number of benzene rings is 2. The molecule has 0 aliphatic carbocycles. The largest absolute Gasteiger partial charge is 0.478 e. The van der Waals surface area contributed by atoms with Crippen LogP contribution in [0, 0.1) is 5.82 Å². The monoisotopic (exact) mass is 309 g/mol. The molecule has 0 heterocycles. The van der Waals surface area contributed by atoms with Crippen molar-refractivity contribution in [3.05, 3.63) is 59.9 Å². The van der Waals surface area contributed by atoms with E-state index in [0.29, 0.717) is 0 Å². The number of rotatable bonds is 4. The van der Waals surface area contributed by atoms with Crippen LogP contribution in [0.15, 0.2) is 53.4 Å². The van der Waals surface area contributed by atoms with E-state index in [1.165, 1.54) is 43.4 Å². The Morgan fingerprint density at radius 1 is 1.14 bits per heavy atom. The standard InChI is InChI=1S/C14H12FNO4S/c1-16(13-8-3-2-7-12(13)15)21(19,20)11-6-4-5-10(9-11)14(17)18/h2-9H,1H3,(H,17,18). The molecule has 7 heteroatoms. The summed E-state index contributed by atoms with van der Waals surface area (Å²) in [5.74, 6) is -1.92. The maximum atomic E-state index is 13.7. The van der Waals surface area contributed by atoms with E-state index in [-0.39, 0.29) is 16.1 Å². The first-order chi connectivity index (χ1) is 9.84.